The van der Waals surface area contributed by atoms with Crippen molar-refractivity contribution in [1.82, 2.24) is 15.5 Å². The molecule has 1 fully saturated rings. The Labute approximate surface area is 128 Å². The first-order valence-corrected chi connectivity index (χ1v) is 7.50. The minimum atomic E-state index is -4.41. The van der Waals surface area contributed by atoms with E-state index >= 15 is 0 Å². The van der Waals surface area contributed by atoms with Crippen LogP contribution in [0.2, 0.25) is 0 Å². The molecular weight excluding hydrogens is 299 g/mol. The van der Waals surface area contributed by atoms with Gasteiger partial charge in [0, 0.05) is 26.1 Å². The van der Waals surface area contributed by atoms with E-state index in [1.54, 1.807) is 11.8 Å². The van der Waals surface area contributed by atoms with Crippen molar-refractivity contribution in [2.75, 3.05) is 19.6 Å². The molecule has 0 radical (unpaired) electrons. The monoisotopic (exact) mass is 323 g/mol. The number of alkyl halides is 3. The van der Waals surface area contributed by atoms with Gasteiger partial charge in [0.05, 0.1) is 6.04 Å². The van der Waals surface area contributed by atoms with Crippen LogP contribution in [0.3, 0.4) is 0 Å². The van der Waals surface area contributed by atoms with E-state index in [0.717, 1.165) is 6.42 Å². The Kier molecular flexibility index (Phi) is 6.65. The summed E-state index contributed by atoms with van der Waals surface area (Å²) in [6, 6.07) is -0.683. The number of carbonyl (C=O) groups is 2. The predicted molar refractivity (Wildman–Crippen MR) is 76.1 cm³/mol. The van der Waals surface area contributed by atoms with E-state index in [1.165, 1.54) is 6.92 Å². The maximum Gasteiger partial charge on any atom is 0.405 e. The quantitative estimate of drug-likeness (QED) is 0.801. The van der Waals surface area contributed by atoms with Gasteiger partial charge < -0.3 is 15.5 Å². The van der Waals surface area contributed by atoms with E-state index in [9.17, 15) is 22.8 Å². The second kappa shape index (κ2) is 7.80. The lowest BCUT2D eigenvalue weighted by atomic mass is 9.89. The first kappa shape index (κ1) is 18.7. The third-order valence-corrected chi connectivity index (χ3v) is 4.02. The van der Waals surface area contributed by atoms with Crippen LogP contribution in [0.5, 0.6) is 0 Å². The zero-order chi connectivity index (χ0) is 16.9. The molecule has 22 heavy (non-hydrogen) atoms. The predicted octanol–water partition coefficient (Wildman–Crippen LogP) is 1.29. The highest BCUT2D eigenvalue weighted by molar-refractivity contribution is 5.81. The fraction of sp³-hybridized carbons (Fsp3) is 0.857. The lowest BCUT2D eigenvalue weighted by Crippen LogP contribution is -2.55. The maximum absolute atomic E-state index is 12.1. The van der Waals surface area contributed by atoms with Gasteiger partial charge in [0.15, 0.2) is 0 Å². The molecule has 5 nitrogen and oxygen atoms in total. The topological polar surface area (TPSA) is 61.4 Å². The van der Waals surface area contributed by atoms with Gasteiger partial charge in [-0.3, -0.25) is 9.59 Å². The zero-order valence-corrected chi connectivity index (χ0v) is 13.2. The second-order valence-corrected chi connectivity index (χ2v) is 5.75. The molecular formula is C14H24F3N3O2. The Morgan fingerprint density at radius 2 is 2.00 bits per heavy atom. The summed E-state index contributed by atoms with van der Waals surface area (Å²) in [4.78, 5) is 24.9. The Morgan fingerprint density at radius 3 is 2.50 bits per heavy atom. The summed E-state index contributed by atoms with van der Waals surface area (Å²) in [5, 5.41) is 4.98. The largest absolute Gasteiger partial charge is 0.405 e. The van der Waals surface area contributed by atoms with Gasteiger partial charge in [-0.25, -0.2) is 0 Å². The van der Waals surface area contributed by atoms with Gasteiger partial charge in [0.1, 0.15) is 6.54 Å². The molecule has 2 amide bonds. The Morgan fingerprint density at radius 1 is 1.36 bits per heavy atom. The molecule has 128 valence electrons. The van der Waals surface area contributed by atoms with E-state index < -0.39 is 24.7 Å². The molecule has 0 spiro atoms. The molecule has 1 saturated heterocycles. The van der Waals surface area contributed by atoms with Gasteiger partial charge in [-0.2, -0.15) is 13.2 Å². The second-order valence-electron chi connectivity index (χ2n) is 5.75. The molecule has 0 saturated carbocycles. The Bertz CT molecular complexity index is 401. The van der Waals surface area contributed by atoms with Crippen LogP contribution in [0.15, 0.2) is 0 Å². The molecule has 8 heteroatoms. The molecule has 3 unspecified atom stereocenters. The molecule has 1 aliphatic heterocycles. The van der Waals surface area contributed by atoms with Crippen LogP contribution in [-0.2, 0) is 9.59 Å². The number of hydrogen-bond donors (Lipinski definition) is 2. The van der Waals surface area contributed by atoms with Gasteiger partial charge >= 0.3 is 6.18 Å². The molecule has 0 aromatic carbocycles. The summed E-state index contributed by atoms with van der Waals surface area (Å²) in [6.07, 6.45) is -2.89. The lowest BCUT2D eigenvalue weighted by molar-refractivity contribution is -0.139. The van der Waals surface area contributed by atoms with Gasteiger partial charge in [-0.15, -0.1) is 0 Å². The minimum absolute atomic E-state index is 0.0206. The number of piperidine rings is 1. The fourth-order valence-electron chi connectivity index (χ4n) is 2.69. The van der Waals surface area contributed by atoms with Gasteiger partial charge in [-0.1, -0.05) is 13.3 Å². The third-order valence-electron chi connectivity index (χ3n) is 4.02. The number of nitrogens with zero attached hydrogens (tertiary/aromatic N) is 1. The van der Waals surface area contributed by atoms with E-state index in [-0.39, 0.29) is 17.9 Å². The molecule has 1 heterocycles. The van der Waals surface area contributed by atoms with Crippen LogP contribution in [0.25, 0.3) is 0 Å². The molecule has 1 aliphatic rings. The highest BCUT2D eigenvalue weighted by atomic mass is 19.4. The standard InChI is InChI=1S/C14H24F3N3O2/c1-4-11-7-20(10(3)21)6-5-12(11)19-9(2)13(22)18-8-14(15,16)17/h9,11-12,19H,4-8H2,1-3H3,(H,18,22). The van der Waals surface area contributed by atoms with Crippen molar-refractivity contribution >= 4 is 11.8 Å². The average molecular weight is 323 g/mol. The number of amides is 2. The smallest absolute Gasteiger partial charge is 0.346 e. The molecule has 3 atom stereocenters. The number of likely N-dealkylation sites (tertiary alicyclic amines) is 1. The first-order valence-electron chi connectivity index (χ1n) is 7.50. The van der Waals surface area contributed by atoms with Crippen molar-refractivity contribution in [3.05, 3.63) is 0 Å². The minimum Gasteiger partial charge on any atom is -0.346 e. The number of nitrogens with one attached hydrogen (secondary N) is 2. The molecule has 2 N–H and O–H groups in total. The van der Waals surface area contributed by atoms with Crippen molar-refractivity contribution in [2.24, 2.45) is 5.92 Å². The highest BCUT2D eigenvalue weighted by Crippen LogP contribution is 2.21. The van der Waals surface area contributed by atoms with E-state index in [4.69, 9.17) is 0 Å². The number of halogens is 3. The first-order chi connectivity index (χ1) is 10.1. The van der Waals surface area contributed by atoms with Gasteiger partial charge in [0.25, 0.3) is 0 Å². The van der Waals surface area contributed by atoms with Crippen LogP contribution in [0.1, 0.15) is 33.6 Å². The SMILES string of the molecule is CCC1CN(C(C)=O)CCC1NC(C)C(=O)NCC(F)(F)F. The maximum atomic E-state index is 12.1. The van der Waals surface area contributed by atoms with Crippen LogP contribution in [0.4, 0.5) is 13.2 Å². The lowest BCUT2D eigenvalue weighted by Gasteiger charge is -2.39. The van der Waals surface area contributed by atoms with Crippen molar-refractivity contribution in [1.29, 1.82) is 0 Å². The number of carbonyl (C=O) groups excluding carboxylic acids is 2. The van der Waals surface area contributed by atoms with E-state index in [0.29, 0.717) is 19.5 Å². The normalized spacial score (nSPS) is 24.0. The summed E-state index contributed by atoms with van der Waals surface area (Å²) < 4.78 is 36.3. The van der Waals surface area contributed by atoms with Crippen LogP contribution < -0.4 is 10.6 Å². The highest BCUT2D eigenvalue weighted by Gasteiger charge is 2.32. The number of hydrogen-bond acceptors (Lipinski definition) is 3. The Hall–Kier alpha value is -1.31. The van der Waals surface area contributed by atoms with Gasteiger partial charge in [-0.05, 0) is 19.3 Å². The summed E-state index contributed by atoms with van der Waals surface area (Å²) in [5.41, 5.74) is 0. The van der Waals surface area contributed by atoms with Crippen molar-refractivity contribution in [3.8, 4) is 0 Å². The average Bonchev–Trinajstić information content (AvgIpc) is 2.43. The summed E-state index contributed by atoms with van der Waals surface area (Å²) in [6.45, 7) is 4.96. The molecule has 0 aromatic heterocycles. The zero-order valence-electron chi connectivity index (χ0n) is 13.2. The third kappa shape index (κ3) is 5.82. The van der Waals surface area contributed by atoms with Crippen LogP contribution in [0, 0.1) is 5.92 Å². The molecule has 0 aromatic rings. The van der Waals surface area contributed by atoms with Crippen molar-refractivity contribution in [3.63, 3.8) is 0 Å². The summed E-state index contributed by atoms with van der Waals surface area (Å²) >= 11 is 0. The van der Waals surface area contributed by atoms with E-state index in [2.05, 4.69) is 5.32 Å². The van der Waals surface area contributed by atoms with Crippen LogP contribution >= 0.6 is 0 Å². The number of rotatable bonds is 5. The Balaban J connectivity index is 2.50. The molecule has 0 aliphatic carbocycles. The van der Waals surface area contributed by atoms with E-state index in [1.807, 2.05) is 12.2 Å². The molecule has 0 bridgehead atoms. The fourth-order valence-corrected chi connectivity index (χ4v) is 2.69. The van der Waals surface area contributed by atoms with Crippen molar-refractivity contribution < 1.29 is 22.8 Å². The van der Waals surface area contributed by atoms with Gasteiger partial charge in [0.2, 0.25) is 11.8 Å². The van der Waals surface area contributed by atoms with Crippen molar-refractivity contribution in [2.45, 2.75) is 51.9 Å². The van der Waals surface area contributed by atoms with Crippen LogP contribution in [-0.4, -0.2) is 54.6 Å². The summed E-state index contributed by atoms with van der Waals surface area (Å²) in [7, 11) is 0. The molecule has 1 rings (SSSR count). The summed E-state index contributed by atoms with van der Waals surface area (Å²) in [5.74, 6) is -0.454.